The van der Waals surface area contributed by atoms with Crippen molar-refractivity contribution < 1.29 is 19.4 Å². The highest BCUT2D eigenvalue weighted by Gasteiger charge is 2.23. The van der Waals surface area contributed by atoms with Crippen LogP contribution in [0.5, 0.6) is 17.2 Å². The maximum Gasteiger partial charge on any atom is 0.275 e. The topological polar surface area (TPSA) is 85.6 Å². The van der Waals surface area contributed by atoms with Gasteiger partial charge in [-0.25, -0.2) is 4.68 Å². The molecule has 150 valence electrons. The number of rotatable bonds is 6. The lowest BCUT2D eigenvalue weighted by atomic mass is 10.1. The highest BCUT2D eigenvalue weighted by molar-refractivity contribution is 5.94. The molecule has 0 spiro atoms. The molecule has 1 aliphatic heterocycles. The first-order valence-electron chi connectivity index (χ1n) is 9.62. The second kappa shape index (κ2) is 7.87. The summed E-state index contributed by atoms with van der Waals surface area (Å²) in [6.45, 7) is 4.70. The van der Waals surface area contributed by atoms with E-state index >= 15 is 0 Å². The van der Waals surface area contributed by atoms with E-state index in [0.29, 0.717) is 6.61 Å². The minimum atomic E-state index is -0.464. The molecule has 3 aromatic rings. The fourth-order valence-electron chi connectivity index (χ4n) is 3.41. The molecule has 0 bridgehead atoms. The van der Waals surface area contributed by atoms with Gasteiger partial charge < -0.3 is 19.9 Å². The van der Waals surface area contributed by atoms with Gasteiger partial charge in [-0.1, -0.05) is 18.2 Å². The van der Waals surface area contributed by atoms with E-state index in [2.05, 4.69) is 10.4 Å². The zero-order chi connectivity index (χ0) is 20.4. The highest BCUT2D eigenvalue weighted by atomic mass is 16.5. The average Bonchev–Trinajstić information content (AvgIpc) is 3.28. The van der Waals surface area contributed by atoms with Crippen molar-refractivity contribution in [3.63, 3.8) is 0 Å². The molecule has 7 heteroatoms. The van der Waals surface area contributed by atoms with Gasteiger partial charge in [0.1, 0.15) is 17.6 Å². The van der Waals surface area contributed by atoms with Crippen molar-refractivity contribution in [2.75, 3.05) is 6.61 Å². The molecule has 1 amide bonds. The number of aromatic hydroxyl groups is 1. The highest BCUT2D eigenvalue weighted by Crippen LogP contribution is 2.35. The van der Waals surface area contributed by atoms with Gasteiger partial charge in [0.25, 0.3) is 5.91 Å². The monoisotopic (exact) mass is 393 g/mol. The lowest BCUT2D eigenvalue weighted by molar-refractivity contribution is 0.0942. The molecule has 0 fully saturated rings. The van der Waals surface area contributed by atoms with Crippen LogP contribution in [0.2, 0.25) is 0 Å². The van der Waals surface area contributed by atoms with E-state index in [9.17, 15) is 9.90 Å². The van der Waals surface area contributed by atoms with Crippen LogP contribution >= 0.6 is 0 Å². The Bertz CT molecular complexity index is 1030. The maximum absolute atomic E-state index is 12.6. The van der Waals surface area contributed by atoms with Crippen molar-refractivity contribution in [2.45, 2.75) is 32.9 Å². The molecular formula is C22H23N3O4. The molecule has 7 nitrogen and oxygen atoms in total. The fourth-order valence-corrected chi connectivity index (χ4v) is 3.41. The Labute approximate surface area is 168 Å². The Morgan fingerprint density at radius 1 is 1.34 bits per heavy atom. The number of carbonyl (C=O) groups is 1. The summed E-state index contributed by atoms with van der Waals surface area (Å²) in [6, 6.07) is 13.2. The lowest BCUT2D eigenvalue weighted by Crippen LogP contribution is -2.24. The van der Waals surface area contributed by atoms with E-state index in [-0.39, 0.29) is 24.1 Å². The number of nitrogens with zero attached hydrogens (tertiary/aromatic N) is 2. The summed E-state index contributed by atoms with van der Waals surface area (Å²) in [7, 11) is 0. The molecule has 0 saturated carbocycles. The number of amides is 1. The summed E-state index contributed by atoms with van der Waals surface area (Å²) in [5.41, 5.74) is 2.65. The van der Waals surface area contributed by atoms with Gasteiger partial charge in [-0.15, -0.1) is 0 Å². The molecule has 0 radical (unpaired) electrons. The van der Waals surface area contributed by atoms with Gasteiger partial charge in [0.05, 0.1) is 18.5 Å². The van der Waals surface area contributed by atoms with Gasteiger partial charge in [-0.3, -0.25) is 4.79 Å². The molecule has 0 saturated heterocycles. The quantitative estimate of drug-likeness (QED) is 0.672. The Morgan fingerprint density at radius 2 is 2.14 bits per heavy atom. The standard InChI is InChI=1S/C22H23N3O4/c1-3-28-19-10-15-9-14(2)29-20(15)11-16(19)12-23-22(27)21-18(26)13-25(24-21)17-7-5-4-6-8-17/h4-8,10-11,13-14,26H,3,9,12H2,1-2H3,(H,23,27). The number of carbonyl (C=O) groups excluding carboxylic acids is 1. The second-order valence-corrected chi connectivity index (χ2v) is 6.96. The summed E-state index contributed by atoms with van der Waals surface area (Å²) < 4.78 is 13.0. The summed E-state index contributed by atoms with van der Waals surface area (Å²) in [6.07, 6.45) is 2.39. The number of hydrogen-bond acceptors (Lipinski definition) is 5. The van der Waals surface area contributed by atoms with Gasteiger partial charge >= 0.3 is 0 Å². The SMILES string of the molecule is CCOc1cc2c(cc1CNC(=O)c1nn(-c3ccccc3)cc1O)OC(C)C2. The van der Waals surface area contributed by atoms with Gasteiger partial charge in [-0.05, 0) is 38.1 Å². The predicted octanol–water partition coefficient (Wildman–Crippen LogP) is 3.23. The molecule has 4 rings (SSSR count). The van der Waals surface area contributed by atoms with Crippen LogP contribution in [0.25, 0.3) is 5.69 Å². The maximum atomic E-state index is 12.6. The van der Waals surface area contributed by atoms with Crippen LogP contribution in [-0.2, 0) is 13.0 Å². The minimum Gasteiger partial charge on any atom is -0.504 e. The molecule has 2 N–H and O–H groups in total. The van der Waals surface area contributed by atoms with Crippen LogP contribution in [0.3, 0.4) is 0 Å². The zero-order valence-corrected chi connectivity index (χ0v) is 16.4. The number of hydrogen-bond donors (Lipinski definition) is 2. The van der Waals surface area contributed by atoms with Crippen molar-refractivity contribution in [3.8, 4) is 22.9 Å². The second-order valence-electron chi connectivity index (χ2n) is 6.96. The largest absolute Gasteiger partial charge is 0.504 e. The van der Waals surface area contributed by atoms with E-state index in [4.69, 9.17) is 9.47 Å². The first-order chi connectivity index (χ1) is 14.0. The number of para-hydroxylation sites is 1. The fraction of sp³-hybridized carbons (Fsp3) is 0.273. The van der Waals surface area contributed by atoms with E-state index in [0.717, 1.165) is 34.7 Å². The van der Waals surface area contributed by atoms with E-state index in [1.54, 1.807) is 0 Å². The molecule has 1 atom stereocenters. The minimum absolute atomic E-state index is 0.0298. The average molecular weight is 393 g/mol. The van der Waals surface area contributed by atoms with Crippen LogP contribution < -0.4 is 14.8 Å². The van der Waals surface area contributed by atoms with Crippen molar-refractivity contribution in [2.24, 2.45) is 0 Å². The molecule has 1 aliphatic rings. The Morgan fingerprint density at radius 3 is 2.90 bits per heavy atom. The van der Waals surface area contributed by atoms with E-state index < -0.39 is 5.91 Å². The first kappa shape index (κ1) is 18.9. The third-order valence-electron chi connectivity index (χ3n) is 4.75. The number of aromatic nitrogens is 2. The van der Waals surface area contributed by atoms with E-state index in [1.165, 1.54) is 10.9 Å². The molecule has 2 aromatic carbocycles. The van der Waals surface area contributed by atoms with Crippen LogP contribution in [0.4, 0.5) is 0 Å². The first-order valence-corrected chi connectivity index (χ1v) is 9.62. The third-order valence-corrected chi connectivity index (χ3v) is 4.75. The van der Waals surface area contributed by atoms with Crippen LogP contribution in [0, 0.1) is 0 Å². The molecule has 2 heterocycles. The van der Waals surface area contributed by atoms with Crippen molar-refractivity contribution >= 4 is 5.91 Å². The molecule has 29 heavy (non-hydrogen) atoms. The van der Waals surface area contributed by atoms with Gasteiger partial charge in [0.2, 0.25) is 0 Å². The molecule has 0 aliphatic carbocycles. The van der Waals surface area contributed by atoms with Crippen LogP contribution in [0.15, 0.2) is 48.7 Å². The van der Waals surface area contributed by atoms with Crippen LogP contribution in [-0.4, -0.2) is 33.5 Å². The summed E-state index contributed by atoms with van der Waals surface area (Å²) in [4.78, 5) is 12.6. The molecule has 1 unspecified atom stereocenters. The Hall–Kier alpha value is -3.48. The zero-order valence-electron chi connectivity index (χ0n) is 16.4. The van der Waals surface area contributed by atoms with Crippen molar-refractivity contribution in [3.05, 3.63) is 65.5 Å². The van der Waals surface area contributed by atoms with Gasteiger partial charge in [-0.2, -0.15) is 5.10 Å². The number of fused-ring (bicyclic) bond motifs is 1. The lowest BCUT2D eigenvalue weighted by Gasteiger charge is -2.13. The Kier molecular flexibility index (Phi) is 5.12. The number of nitrogens with one attached hydrogen (secondary N) is 1. The van der Waals surface area contributed by atoms with E-state index in [1.807, 2.05) is 56.3 Å². The Balaban J connectivity index is 1.52. The number of ether oxygens (including phenoxy) is 2. The third kappa shape index (κ3) is 3.89. The smallest absolute Gasteiger partial charge is 0.275 e. The predicted molar refractivity (Wildman–Crippen MR) is 108 cm³/mol. The molecular weight excluding hydrogens is 370 g/mol. The summed E-state index contributed by atoms with van der Waals surface area (Å²) in [5, 5.41) is 17.2. The van der Waals surface area contributed by atoms with Crippen molar-refractivity contribution in [1.29, 1.82) is 0 Å². The van der Waals surface area contributed by atoms with Gasteiger partial charge in [0, 0.05) is 24.1 Å². The summed E-state index contributed by atoms with van der Waals surface area (Å²) >= 11 is 0. The summed E-state index contributed by atoms with van der Waals surface area (Å²) in [5.74, 6) is 0.904. The van der Waals surface area contributed by atoms with Gasteiger partial charge in [0.15, 0.2) is 11.4 Å². The number of benzene rings is 2. The van der Waals surface area contributed by atoms with Crippen molar-refractivity contribution in [1.82, 2.24) is 15.1 Å². The molecule has 1 aromatic heterocycles. The normalized spacial score (nSPS) is 14.9. The van der Waals surface area contributed by atoms with Crippen LogP contribution in [0.1, 0.15) is 35.5 Å².